The molecule has 25 heavy (non-hydrogen) atoms. The summed E-state index contributed by atoms with van der Waals surface area (Å²) in [6.07, 6.45) is 1.75. The Balaban J connectivity index is 1.93. The summed E-state index contributed by atoms with van der Waals surface area (Å²) in [6, 6.07) is 5.76. The molecular formula is C18H23N5O2. The highest BCUT2D eigenvalue weighted by Crippen LogP contribution is 2.17. The van der Waals surface area contributed by atoms with Crippen LogP contribution in [0.15, 0.2) is 24.4 Å². The van der Waals surface area contributed by atoms with Crippen molar-refractivity contribution in [2.75, 3.05) is 13.2 Å². The molecule has 0 fully saturated rings. The molecule has 1 amide bonds. The van der Waals surface area contributed by atoms with Crippen LogP contribution in [0.2, 0.25) is 0 Å². The van der Waals surface area contributed by atoms with Crippen LogP contribution in [0.4, 0.5) is 0 Å². The number of carbonyl (C=O) groups excluding carboxylic acids is 1. The van der Waals surface area contributed by atoms with Crippen LogP contribution >= 0.6 is 0 Å². The van der Waals surface area contributed by atoms with E-state index >= 15 is 0 Å². The van der Waals surface area contributed by atoms with Crippen LogP contribution in [0, 0.1) is 20.8 Å². The minimum atomic E-state index is -0.195. The Morgan fingerprint density at radius 2 is 2.04 bits per heavy atom. The number of fused-ring (bicyclic) bond motifs is 1. The molecule has 0 aliphatic heterocycles. The minimum absolute atomic E-state index is 0.101. The summed E-state index contributed by atoms with van der Waals surface area (Å²) in [4.78, 5) is 19.0. The molecule has 0 saturated heterocycles. The number of imidazole rings is 1. The predicted molar refractivity (Wildman–Crippen MR) is 94.4 cm³/mol. The van der Waals surface area contributed by atoms with Crippen molar-refractivity contribution >= 4 is 11.6 Å². The third-order valence-electron chi connectivity index (χ3n) is 4.58. The van der Waals surface area contributed by atoms with E-state index in [1.54, 1.807) is 15.8 Å². The van der Waals surface area contributed by atoms with E-state index in [0.717, 1.165) is 28.3 Å². The Morgan fingerprint density at radius 3 is 2.64 bits per heavy atom. The Labute approximate surface area is 146 Å². The zero-order valence-corrected chi connectivity index (χ0v) is 15.0. The van der Waals surface area contributed by atoms with E-state index in [1.807, 2.05) is 50.4 Å². The molecule has 0 spiro atoms. The third kappa shape index (κ3) is 3.15. The molecule has 0 saturated carbocycles. The predicted octanol–water partition coefficient (Wildman–Crippen LogP) is 1.63. The molecule has 0 bridgehead atoms. The SMILES string of the molecule is Cc1nn(C)c(C)c1CN(CCO)C(=O)c1cn2c(C)cccc2n1. The fraction of sp³-hybridized carbons (Fsp3) is 0.389. The number of aliphatic hydroxyl groups is 1. The van der Waals surface area contributed by atoms with Gasteiger partial charge in [0.2, 0.25) is 0 Å². The molecule has 3 rings (SSSR count). The summed E-state index contributed by atoms with van der Waals surface area (Å²) in [5, 5.41) is 13.8. The van der Waals surface area contributed by atoms with Gasteiger partial charge in [-0.05, 0) is 32.9 Å². The third-order valence-corrected chi connectivity index (χ3v) is 4.58. The number of nitrogens with zero attached hydrogens (tertiary/aromatic N) is 5. The monoisotopic (exact) mass is 341 g/mol. The van der Waals surface area contributed by atoms with Crippen LogP contribution in [0.5, 0.6) is 0 Å². The Hall–Kier alpha value is -2.67. The van der Waals surface area contributed by atoms with Crippen molar-refractivity contribution in [1.29, 1.82) is 0 Å². The summed E-state index contributed by atoms with van der Waals surface area (Å²) in [6.45, 7) is 6.42. The molecule has 132 valence electrons. The molecule has 7 heteroatoms. The molecule has 0 aromatic carbocycles. The first-order valence-corrected chi connectivity index (χ1v) is 8.26. The van der Waals surface area contributed by atoms with Crippen molar-refractivity contribution in [3.63, 3.8) is 0 Å². The van der Waals surface area contributed by atoms with Gasteiger partial charge in [0.05, 0.1) is 12.3 Å². The average molecular weight is 341 g/mol. The van der Waals surface area contributed by atoms with Gasteiger partial charge in [-0.2, -0.15) is 5.10 Å². The second kappa shape index (κ2) is 6.68. The van der Waals surface area contributed by atoms with Crippen LogP contribution < -0.4 is 0 Å². The molecule has 3 heterocycles. The lowest BCUT2D eigenvalue weighted by atomic mass is 10.1. The maximum absolute atomic E-state index is 13.0. The molecule has 3 aromatic rings. The van der Waals surface area contributed by atoms with Gasteiger partial charge in [0.25, 0.3) is 5.91 Å². The number of rotatable bonds is 5. The van der Waals surface area contributed by atoms with Crippen LogP contribution in [-0.4, -0.2) is 48.2 Å². The normalized spacial score (nSPS) is 11.2. The summed E-state index contributed by atoms with van der Waals surface area (Å²) < 4.78 is 3.70. The zero-order valence-electron chi connectivity index (χ0n) is 15.0. The van der Waals surface area contributed by atoms with Gasteiger partial charge in [0, 0.05) is 43.3 Å². The Morgan fingerprint density at radius 1 is 1.28 bits per heavy atom. The van der Waals surface area contributed by atoms with Gasteiger partial charge < -0.3 is 14.4 Å². The maximum atomic E-state index is 13.0. The van der Waals surface area contributed by atoms with Crippen molar-refractivity contribution in [2.24, 2.45) is 7.05 Å². The number of carbonyl (C=O) groups is 1. The topological polar surface area (TPSA) is 75.7 Å². The van der Waals surface area contributed by atoms with Gasteiger partial charge in [-0.1, -0.05) is 6.07 Å². The van der Waals surface area contributed by atoms with Crippen LogP contribution in [0.1, 0.15) is 33.1 Å². The Kier molecular flexibility index (Phi) is 4.59. The molecule has 0 atom stereocenters. The van der Waals surface area contributed by atoms with E-state index in [1.165, 1.54) is 0 Å². The number of aromatic nitrogens is 4. The second-order valence-electron chi connectivity index (χ2n) is 6.24. The smallest absolute Gasteiger partial charge is 0.274 e. The number of aliphatic hydroxyl groups excluding tert-OH is 1. The summed E-state index contributed by atoms with van der Waals surface area (Å²) >= 11 is 0. The fourth-order valence-electron chi connectivity index (χ4n) is 3.02. The van der Waals surface area contributed by atoms with Gasteiger partial charge in [-0.3, -0.25) is 9.48 Å². The molecule has 0 unspecified atom stereocenters. The number of hydrogen-bond acceptors (Lipinski definition) is 4. The van der Waals surface area contributed by atoms with Crippen molar-refractivity contribution < 1.29 is 9.90 Å². The van der Waals surface area contributed by atoms with Gasteiger partial charge in [0.15, 0.2) is 0 Å². The van der Waals surface area contributed by atoms with Gasteiger partial charge >= 0.3 is 0 Å². The molecule has 0 aliphatic rings. The molecule has 0 aliphatic carbocycles. The first-order chi connectivity index (χ1) is 11.9. The van der Waals surface area contributed by atoms with Crippen LogP contribution in [-0.2, 0) is 13.6 Å². The summed E-state index contributed by atoms with van der Waals surface area (Å²) in [7, 11) is 1.88. The lowest BCUT2D eigenvalue weighted by molar-refractivity contribution is 0.0702. The minimum Gasteiger partial charge on any atom is -0.395 e. The fourth-order valence-corrected chi connectivity index (χ4v) is 3.02. The summed E-state index contributed by atoms with van der Waals surface area (Å²) in [5.74, 6) is -0.195. The van der Waals surface area contributed by atoms with Crippen molar-refractivity contribution in [2.45, 2.75) is 27.3 Å². The van der Waals surface area contributed by atoms with E-state index < -0.39 is 0 Å². The molecule has 3 aromatic heterocycles. The molecular weight excluding hydrogens is 318 g/mol. The highest BCUT2D eigenvalue weighted by atomic mass is 16.3. The Bertz CT molecular complexity index is 925. The summed E-state index contributed by atoms with van der Waals surface area (Å²) in [5.41, 5.74) is 5.03. The van der Waals surface area contributed by atoms with E-state index in [-0.39, 0.29) is 19.1 Å². The van der Waals surface area contributed by atoms with Crippen molar-refractivity contribution in [3.8, 4) is 0 Å². The van der Waals surface area contributed by atoms with E-state index in [2.05, 4.69) is 10.1 Å². The first-order valence-electron chi connectivity index (χ1n) is 8.26. The standard InChI is InChI=1S/C18H23N5O2/c1-12-6-5-7-17-19-16(11-23(12)17)18(25)22(8-9-24)10-15-13(2)20-21(4)14(15)3/h5-7,11,24H,8-10H2,1-4H3. The second-order valence-corrected chi connectivity index (χ2v) is 6.24. The van der Waals surface area contributed by atoms with Crippen LogP contribution in [0.3, 0.4) is 0 Å². The number of pyridine rings is 1. The highest BCUT2D eigenvalue weighted by Gasteiger charge is 2.22. The molecule has 1 N–H and O–H groups in total. The van der Waals surface area contributed by atoms with Crippen LogP contribution in [0.25, 0.3) is 5.65 Å². The van der Waals surface area contributed by atoms with Gasteiger partial charge in [0.1, 0.15) is 11.3 Å². The average Bonchev–Trinajstić information content (AvgIpc) is 3.11. The van der Waals surface area contributed by atoms with E-state index in [9.17, 15) is 9.90 Å². The molecule has 0 radical (unpaired) electrons. The zero-order chi connectivity index (χ0) is 18.1. The van der Waals surface area contributed by atoms with E-state index in [4.69, 9.17) is 0 Å². The van der Waals surface area contributed by atoms with Gasteiger partial charge in [-0.15, -0.1) is 0 Å². The number of amides is 1. The lowest BCUT2D eigenvalue weighted by Crippen LogP contribution is -2.33. The quantitative estimate of drug-likeness (QED) is 0.765. The molecule has 7 nitrogen and oxygen atoms in total. The van der Waals surface area contributed by atoms with Crippen molar-refractivity contribution in [3.05, 3.63) is 52.7 Å². The number of hydrogen-bond donors (Lipinski definition) is 1. The number of aryl methyl sites for hydroxylation is 3. The highest BCUT2D eigenvalue weighted by molar-refractivity contribution is 5.93. The first kappa shape index (κ1) is 17.2. The van der Waals surface area contributed by atoms with Crippen molar-refractivity contribution in [1.82, 2.24) is 24.1 Å². The lowest BCUT2D eigenvalue weighted by Gasteiger charge is -2.21. The van der Waals surface area contributed by atoms with Gasteiger partial charge in [-0.25, -0.2) is 4.98 Å². The van der Waals surface area contributed by atoms with E-state index in [0.29, 0.717) is 12.2 Å². The largest absolute Gasteiger partial charge is 0.395 e. The maximum Gasteiger partial charge on any atom is 0.274 e.